The molecule has 1 saturated heterocycles. The number of carbonyl (C=O) groups excluding carboxylic acids is 2. The Hall–Kier alpha value is -2.28. The van der Waals surface area contributed by atoms with Crippen molar-refractivity contribution in [1.29, 1.82) is 0 Å². The van der Waals surface area contributed by atoms with Crippen molar-refractivity contribution in [3.63, 3.8) is 0 Å². The van der Waals surface area contributed by atoms with Crippen molar-refractivity contribution in [2.75, 3.05) is 0 Å². The van der Waals surface area contributed by atoms with E-state index in [1.54, 1.807) is 12.1 Å². The fourth-order valence-electron chi connectivity index (χ4n) is 1.65. The first-order valence-corrected chi connectivity index (χ1v) is 6.50. The second-order valence-electron chi connectivity index (χ2n) is 4.16. The van der Waals surface area contributed by atoms with Crippen LogP contribution < -0.4 is 0 Å². The van der Waals surface area contributed by atoms with Gasteiger partial charge in [0, 0.05) is 0 Å². The van der Waals surface area contributed by atoms with Crippen LogP contribution in [0.3, 0.4) is 0 Å². The lowest BCUT2D eigenvalue weighted by Gasteiger charge is -2.16. The molecule has 0 spiro atoms. The van der Waals surface area contributed by atoms with Gasteiger partial charge in [-0.25, -0.2) is 4.79 Å². The molecule has 1 aliphatic heterocycles. The Morgan fingerprint density at radius 1 is 1.30 bits per heavy atom. The van der Waals surface area contributed by atoms with E-state index in [1.165, 1.54) is 25.1 Å². The summed E-state index contributed by atoms with van der Waals surface area (Å²) < 4.78 is 0. The summed E-state index contributed by atoms with van der Waals surface area (Å²) in [6, 6.07) is 4.88. The van der Waals surface area contributed by atoms with Crippen LogP contribution in [0.2, 0.25) is 0 Å². The first-order valence-electron chi connectivity index (χ1n) is 5.69. The number of carbonyl (C=O) groups is 3. The smallest absolute Gasteiger partial charge is 0.326 e. The molecule has 2 amide bonds. The molecule has 1 aromatic rings. The molecule has 0 unspecified atom stereocenters. The molecule has 1 aliphatic rings. The zero-order chi connectivity index (χ0) is 14.9. The molecular formula is C13H11NO5S. The van der Waals surface area contributed by atoms with Gasteiger partial charge in [0.25, 0.3) is 11.1 Å². The molecular weight excluding hydrogens is 282 g/mol. The molecule has 0 radical (unpaired) electrons. The fraction of sp³-hybridized carbons (Fsp3) is 0.154. The number of rotatable bonds is 3. The Morgan fingerprint density at radius 3 is 2.45 bits per heavy atom. The minimum Gasteiger partial charge on any atom is -0.508 e. The zero-order valence-electron chi connectivity index (χ0n) is 10.4. The van der Waals surface area contributed by atoms with Gasteiger partial charge in [-0.1, -0.05) is 12.1 Å². The van der Waals surface area contributed by atoms with Gasteiger partial charge in [-0.2, -0.15) is 0 Å². The molecule has 0 bridgehead atoms. The quantitative estimate of drug-likeness (QED) is 0.826. The molecule has 0 saturated carbocycles. The number of phenols is 1. The number of imide groups is 1. The number of aliphatic carboxylic acids is 1. The predicted octanol–water partition coefficient (Wildman–Crippen LogP) is 1.90. The Labute approximate surface area is 118 Å². The van der Waals surface area contributed by atoms with Gasteiger partial charge in [-0.3, -0.25) is 14.5 Å². The highest BCUT2D eigenvalue weighted by Gasteiger charge is 2.40. The number of hydrogen-bond acceptors (Lipinski definition) is 5. The van der Waals surface area contributed by atoms with Crippen LogP contribution in [0.1, 0.15) is 12.5 Å². The minimum atomic E-state index is -1.24. The number of carboxylic acids is 1. The van der Waals surface area contributed by atoms with E-state index in [2.05, 4.69) is 0 Å². The van der Waals surface area contributed by atoms with Crippen LogP contribution in [0.5, 0.6) is 5.75 Å². The summed E-state index contributed by atoms with van der Waals surface area (Å²) in [5, 5.41) is 17.4. The van der Waals surface area contributed by atoms with E-state index in [0.717, 1.165) is 4.90 Å². The first-order chi connectivity index (χ1) is 9.40. The number of thioether (sulfide) groups is 1. The average Bonchev–Trinajstić information content (AvgIpc) is 2.66. The highest BCUT2D eigenvalue weighted by molar-refractivity contribution is 8.18. The molecule has 1 aromatic carbocycles. The molecule has 0 aromatic heterocycles. The second-order valence-corrected chi connectivity index (χ2v) is 5.15. The number of amides is 2. The molecule has 2 rings (SSSR count). The Balaban J connectivity index is 2.28. The normalized spacial score (nSPS) is 18.6. The Kier molecular flexibility index (Phi) is 3.80. The van der Waals surface area contributed by atoms with Crippen molar-refractivity contribution in [2.24, 2.45) is 0 Å². The molecule has 2 N–H and O–H groups in total. The standard InChI is InChI=1S/C13H11NO5S/c1-7(12(17)18)14-11(16)10(20-13(14)19)6-8-2-4-9(15)5-3-8/h2-7,15H,1H3,(H,17,18)/b10-6-/t7-/m1/s1. The van der Waals surface area contributed by atoms with Crippen LogP contribution >= 0.6 is 11.8 Å². The molecule has 0 aliphatic carbocycles. The van der Waals surface area contributed by atoms with Gasteiger partial charge < -0.3 is 10.2 Å². The number of hydrogen-bond donors (Lipinski definition) is 2. The first kappa shape index (κ1) is 14.1. The van der Waals surface area contributed by atoms with E-state index in [0.29, 0.717) is 17.3 Å². The van der Waals surface area contributed by atoms with Crippen molar-refractivity contribution in [3.8, 4) is 5.75 Å². The fourth-order valence-corrected chi connectivity index (χ4v) is 2.55. The molecule has 1 fully saturated rings. The van der Waals surface area contributed by atoms with Crippen molar-refractivity contribution in [2.45, 2.75) is 13.0 Å². The van der Waals surface area contributed by atoms with Gasteiger partial charge in [0.15, 0.2) is 0 Å². The van der Waals surface area contributed by atoms with Crippen molar-refractivity contribution >= 4 is 35.0 Å². The predicted molar refractivity (Wildman–Crippen MR) is 73.0 cm³/mol. The summed E-state index contributed by atoms with van der Waals surface area (Å²) in [6.07, 6.45) is 1.49. The van der Waals surface area contributed by atoms with Crippen molar-refractivity contribution in [1.82, 2.24) is 4.90 Å². The monoisotopic (exact) mass is 293 g/mol. The maximum atomic E-state index is 12.0. The second kappa shape index (κ2) is 5.38. The zero-order valence-corrected chi connectivity index (χ0v) is 11.3. The van der Waals surface area contributed by atoms with Crippen LogP contribution in [-0.4, -0.2) is 38.3 Å². The summed E-state index contributed by atoms with van der Waals surface area (Å²) in [5.41, 5.74) is 0.635. The Morgan fingerprint density at radius 2 is 1.90 bits per heavy atom. The molecule has 104 valence electrons. The number of aromatic hydroxyl groups is 1. The molecule has 1 heterocycles. The van der Waals surface area contributed by atoms with Gasteiger partial charge in [0.1, 0.15) is 11.8 Å². The number of phenolic OH excluding ortho intramolecular Hbond substituents is 1. The minimum absolute atomic E-state index is 0.0924. The molecule has 7 heteroatoms. The van der Waals surface area contributed by atoms with E-state index in [-0.39, 0.29) is 10.7 Å². The Bertz CT molecular complexity index is 608. The summed E-state index contributed by atoms with van der Waals surface area (Å²) in [4.78, 5) is 35.5. The van der Waals surface area contributed by atoms with Gasteiger partial charge in [0.05, 0.1) is 4.91 Å². The lowest BCUT2D eigenvalue weighted by atomic mass is 10.2. The summed E-state index contributed by atoms with van der Waals surface area (Å²) in [5.74, 6) is -1.77. The third kappa shape index (κ3) is 2.67. The van der Waals surface area contributed by atoms with Crippen LogP contribution in [-0.2, 0) is 9.59 Å². The average molecular weight is 293 g/mol. The van der Waals surface area contributed by atoms with Gasteiger partial charge in [0.2, 0.25) is 0 Å². The highest BCUT2D eigenvalue weighted by atomic mass is 32.2. The van der Waals surface area contributed by atoms with Crippen LogP contribution in [0.4, 0.5) is 4.79 Å². The number of nitrogens with zero attached hydrogens (tertiary/aromatic N) is 1. The SMILES string of the molecule is C[C@H](C(=O)O)N1C(=O)S/C(=C\c2ccc(O)cc2)C1=O. The lowest BCUT2D eigenvalue weighted by Crippen LogP contribution is -2.41. The van der Waals surface area contributed by atoms with Crippen LogP contribution in [0, 0.1) is 0 Å². The number of carboxylic acid groups (broad SMARTS) is 1. The maximum Gasteiger partial charge on any atom is 0.326 e. The van der Waals surface area contributed by atoms with Gasteiger partial charge in [-0.05, 0) is 42.5 Å². The van der Waals surface area contributed by atoms with Crippen molar-refractivity contribution in [3.05, 3.63) is 34.7 Å². The number of benzene rings is 1. The molecule has 1 atom stereocenters. The summed E-state index contributed by atoms with van der Waals surface area (Å²) in [7, 11) is 0. The van der Waals surface area contributed by atoms with E-state index in [1.807, 2.05) is 0 Å². The maximum absolute atomic E-state index is 12.0. The largest absolute Gasteiger partial charge is 0.508 e. The molecule has 20 heavy (non-hydrogen) atoms. The van der Waals surface area contributed by atoms with E-state index in [4.69, 9.17) is 10.2 Å². The summed E-state index contributed by atoms with van der Waals surface area (Å²) in [6.45, 7) is 1.28. The van der Waals surface area contributed by atoms with E-state index < -0.39 is 23.2 Å². The topological polar surface area (TPSA) is 94.9 Å². The van der Waals surface area contributed by atoms with Crippen LogP contribution in [0.25, 0.3) is 6.08 Å². The third-order valence-electron chi connectivity index (χ3n) is 2.76. The highest BCUT2D eigenvalue weighted by Crippen LogP contribution is 2.33. The van der Waals surface area contributed by atoms with Crippen LogP contribution in [0.15, 0.2) is 29.2 Å². The third-order valence-corrected chi connectivity index (χ3v) is 3.64. The van der Waals surface area contributed by atoms with Crippen molar-refractivity contribution < 1.29 is 24.6 Å². The summed E-state index contributed by atoms with van der Waals surface area (Å²) >= 11 is 0.699. The van der Waals surface area contributed by atoms with Gasteiger partial charge in [-0.15, -0.1) is 0 Å². The van der Waals surface area contributed by atoms with Gasteiger partial charge >= 0.3 is 5.97 Å². The van der Waals surface area contributed by atoms with E-state index >= 15 is 0 Å². The lowest BCUT2D eigenvalue weighted by molar-refractivity contribution is -0.145. The van der Waals surface area contributed by atoms with E-state index in [9.17, 15) is 14.4 Å². The molecule has 6 nitrogen and oxygen atoms in total.